The summed E-state index contributed by atoms with van der Waals surface area (Å²) in [5, 5.41) is 16.5. The van der Waals surface area contributed by atoms with Crippen LogP contribution in [0.1, 0.15) is 24.9 Å². The average Bonchev–Trinajstić information content (AvgIpc) is 2.95. The molecule has 0 saturated carbocycles. The SMILES string of the molecule is CCC1C(C(=O)O)=NN(c2ccc(Cl)cc2Cl)C1c1cc[c-]cc1.[W]. The molecule has 130 valence electrons. The first-order valence-corrected chi connectivity index (χ1v) is 8.30. The minimum Gasteiger partial charge on any atom is -0.477 e. The number of aliphatic carboxylic acids is 1. The van der Waals surface area contributed by atoms with E-state index in [0.717, 1.165) is 5.56 Å². The number of carboxylic acid groups (broad SMARTS) is 1. The summed E-state index contributed by atoms with van der Waals surface area (Å²) < 4.78 is 0. The van der Waals surface area contributed by atoms with E-state index in [1.807, 2.05) is 31.2 Å². The molecule has 2 unspecified atom stereocenters. The largest absolute Gasteiger partial charge is 0.477 e. The van der Waals surface area contributed by atoms with Crippen molar-refractivity contribution in [2.45, 2.75) is 19.4 Å². The van der Waals surface area contributed by atoms with Crippen LogP contribution in [0.5, 0.6) is 0 Å². The molecule has 0 aromatic heterocycles. The van der Waals surface area contributed by atoms with Crippen molar-refractivity contribution in [1.82, 2.24) is 0 Å². The summed E-state index contributed by atoms with van der Waals surface area (Å²) in [6.45, 7) is 1.96. The van der Waals surface area contributed by atoms with Gasteiger partial charge in [-0.15, -0.1) is 5.56 Å². The van der Waals surface area contributed by atoms with Gasteiger partial charge in [0.2, 0.25) is 0 Å². The number of hydrogen-bond donors (Lipinski definition) is 1. The Balaban J connectivity index is 0.00000225. The fourth-order valence-corrected chi connectivity index (χ4v) is 3.53. The maximum absolute atomic E-state index is 11.6. The quantitative estimate of drug-likeness (QED) is 0.561. The minimum absolute atomic E-state index is 0. The number of benzene rings is 2. The van der Waals surface area contributed by atoms with Crippen LogP contribution in [0, 0.1) is 12.0 Å². The first-order chi connectivity index (χ1) is 11.5. The van der Waals surface area contributed by atoms with Crippen molar-refractivity contribution in [2.75, 3.05) is 5.01 Å². The van der Waals surface area contributed by atoms with Crippen molar-refractivity contribution in [3.63, 3.8) is 0 Å². The molecule has 1 N–H and O–H groups in total. The van der Waals surface area contributed by atoms with Gasteiger partial charge in [-0.1, -0.05) is 30.1 Å². The summed E-state index contributed by atoms with van der Waals surface area (Å²) in [7, 11) is 0. The Morgan fingerprint density at radius 1 is 1.28 bits per heavy atom. The van der Waals surface area contributed by atoms with Crippen LogP contribution in [0.15, 0.2) is 47.6 Å². The summed E-state index contributed by atoms with van der Waals surface area (Å²) >= 11 is 12.3. The van der Waals surface area contributed by atoms with E-state index in [9.17, 15) is 9.90 Å². The average molecular weight is 546 g/mol. The van der Waals surface area contributed by atoms with Gasteiger partial charge in [0.15, 0.2) is 5.71 Å². The number of hydrazone groups is 1. The summed E-state index contributed by atoms with van der Waals surface area (Å²) in [5.74, 6) is -1.25. The number of carbonyl (C=O) groups is 1. The molecule has 3 rings (SSSR count). The third-order valence-corrected chi connectivity index (χ3v) is 4.65. The van der Waals surface area contributed by atoms with Gasteiger partial charge in [0.05, 0.1) is 16.8 Å². The maximum Gasteiger partial charge on any atom is 0.352 e. The van der Waals surface area contributed by atoms with E-state index in [2.05, 4.69) is 11.2 Å². The van der Waals surface area contributed by atoms with Crippen LogP contribution in [0.25, 0.3) is 0 Å². The first kappa shape index (κ1) is 20.0. The van der Waals surface area contributed by atoms with Crippen LogP contribution in [0.4, 0.5) is 5.69 Å². The van der Waals surface area contributed by atoms with E-state index < -0.39 is 5.97 Å². The van der Waals surface area contributed by atoms with Gasteiger partial charge < -0.3 is 5.11 Å². The molecule has 0 bridgehead atoms. The van der Waals surface area contributed by atoms with Gasteiger partial charge in [0.25, 0.3) is 0 Å². The van der Waals surface area contributed by atoms with E-state index in [0.29, 0.717) is 22.2 Å². The van der Waals surface area contributed by atoms with Crippen LogP contribution in [-0.2, 0) is 25.9 Å². The normalized spacial score (nSPS) is 19.3. The Hall–Kier alpha value is -1.35. The van der Waals surface area contributed by atoms with Crippen molar-refractivity contribution >= 4 is 40.6 Å². The van der Waals surface area contributed by atoms with Crippen molar-refractivity contribution in [3.8, 4) is 0 Å². The topological polar surface area (TPSA) is 52.9 Å². The molecule has 2 atom stereocenters. The molecule has 0 amide bonds. The fourth-order valence-electron chi connectivity index (χ4n) is 3.03. The second-order valence-corrected chi connectivity index (χ2v) is 6.37. The molecule has 4 nitrogen and oxygen atoms in total. The van der Waals surface area contributed by atoms with Crippen LogP contribution < -0.4 is 5.01 Å². The van der Waals surface area contributed by atoms with E-state index in [4.69, 9.17) is 23.2 Å². The molecule has 1 heterocycles. The molecular weight excluding hydrogens is 531 g/mol. The Labute approximate surface area is 170 Å². The van der Waals surface area contributed by atoms with Gasteiger partial charge in [0.1, 0.15) is 0 Å². The molecule has 0 fully saturated rings. The van der Waals surface area contributed by atoms with E-state index in [1.165, 1.54) is 0 Å². The van der Waals surface area contributed by atoms with Crippen LogP contribution in [-0.4, -0.2) is 16.8 Å². The van der Waals surface area contributed by atoms with Gasteiger partial charge >= 0.3 is 5.97 Å². The van der Waals surface area contributed by atoms with Crippen LogP contribution in [0.2, 0.25) is 10.0 Å². The maximum atomic E-state index is 11.6. The minimum atomic E-state index is -1.01. The molecule has 25 heavy (non-hydrogen) atoms. The van der Waals surface area contributed by atoms with Crippen molar-refractivity contribution < 1.29 is 31.0 Å². The Morgan fingerprint density at radius 3 is 2.52 bits per heavy atom. The summed E-state index contributed by atoms with van der Waals surface area (Å²) in [4.78, 5) is 11.6. The molecule has 0 radical (unpaired) electrons. The van der Waals surface area contributed by atoms with Gasteiger partial charge in [-0.3, -0.25) is 5.01 Å². The smallest absolute Gasteiger partial charge is 0.352 e. The molecule has 0 aliphatic carbocycles. The number of anilines is 1. The van der Waals surface area contributed by atoms with Gasteiger partial charge in [-0.05, 0) is 24.6 Å². The van der Waals surface area contributed by atoms with E-state index in [1.54, 1.807) is 23.2 Å². The Kier molecular flexibility index (Phi) is 6.67. The molecule has 2 aromatic carbocycles. The first-order valence-electron chi connectivity index (χ1n) is 7.55. The molecule has 0 saturated heterocycles. The van der Waals surface area contributed by atoms with Gasteiger partial charge in [0, 0.05) is 32.0 Å². The zero-order valence-electron chi connectivity index (χ0n) is 13.3. The number of nitrogens with zero attached hydrogens (tertiary/aromatic N) is 2. The zero-order valence-corrected chi connectivity index (χ0v) is 17.8. The van der Waals surface area contributed by atoms with Crippen molar-refractivity contribution in [3.05, 3.63) is 64.1 Å². The standard InChI is InChI=1S/C18H15Cl2N2O2.W/c1-2-13-16(18(23)24)21-22(15-9-8-12(19)10-14(15)20)17(13)11-6-4-3-5-7-11;/h4-10,13,17H,2H2,1H3,(H,23,24);/q-1;. The second-order valence-electron chi connectivity index (χ2n) is 5.52. The zero-order chi connectivity index (χ0) is 17.3. The summed E-state index contributed by atoms with van der Waals surface area (Å²) in [6, 6.07) is 15.3. The monoisotopic (exact) mass is 545 g/mol. The van der Waals surface area contributed by atoms with Crippen LogP contribution in [0.3, 0.4) is 0 Å². The molecule has 0 spiro atoms. The predicted octanol–water partition coefficient (Wildman–Crippen LogP) is 4.82. The second kappa shape index (κ2) is 8.35. The third-order valence-electron chi connectivity index (χ3n) is 4.11. The van der Waals surface area contributed by atoms with Crippen LogP contribution >= 0.6 is 23.2 Å². The fraction of sp³-hybridized carbons (Fsp3) is 0.222. The van der Waals surface area contributed by atoms with Gasteiger partial charge in [-0.25, -0.2) is 4.79 Å². The molecule has 7 heteroatoms. The van der Waals surface area contributed by atoms with Crippen molar-refractivity contribution in [1.29, 1.82) is 0 Å². The van der Waals surface area contributed by atoms with E-state index in [-0.39, 0.29) is 38.7 Å². The van der Waals surface area contributed by atoms with Crippen molar-refractivity contribution in [2.24, 2.45) is 11.0 Å². The summed E-state index contributed by atoms with van der Waals surface area (Å²) in [6.07, 6.45) is 0.649. The summed E-state index contributed by atoms with van der Waals surface area (Å²) in [5.41, 5.74) is 1.74. The molecular formula is C18H15Cl2N2O2W-. The molecule has 2 aromatic rings. The Morgan fingerprint density at radius 2 is 1.96 bits per heavy atom. The number of hydrogen-bond acceptors (Lipinski definition) is 3. The number of rotatable bonds is 4. The van der Waals surface area contributed by atoms with E-state index >= 15 is 0 Å². The molecule has 1 aliphatic rings. The number of carboxylic acids is 1. The number of halogens is 2. The third kappa shape index (κ3) is 3.92. The predicted molar refractivity (Wildman–Crippen MR) is 95.8 cm³/mol. The molecule has 1 aliphatic heterocycles. The van der Waals surface area contributed by atoms with Gasteiger partial charge in [-0.2, -0.15) is 35.4 Å². The Bertz CT molecular complexity index is 799.